The fourth-order valence-corrected chi connectivity index (χ4v) is 2.89. The number of halogens is 2. The van der Waals surface area contributed by atoms with E-state index in [2.05, 4.69) is 10.6 Å². The van der Waals surface area contributed by atoms with E-state index in [1.807, 2.05) is 36.2 Å². The molecule has 0 spiro atoms. The maximum atomic E-state index is 12.3. The molecule has 24 heavy (non-hydrogen) atoms. The van der Waals surface area contributed by atoms with Gasteiger partial charge in [0.05, 0.1) is 19.3 Å². The summed E-state index contributed by atoms with van der Waals surface area (Å²) in [5, 5.41) is 6.38. The van der Waals surface area contributed by atoms with Crippen molar-refractivity contribution in [1.82, 2.24) is 10.2 Å². The molecule has 0 saturated carbocycles. The number of anilines is 1. The maximum Gasteiger partial charge on any atom is 0.241 e. The number of ether oxygens (including phenoxy) is 1. The zero-order chi connectivity index (χ0) is 15.8. The molecule has 1 fully saturated rings. The summed E-state index contributed by atoms with van der Waals surface area (Å²) in [5.41, 5.74) is 0.863. The highest BCUT2D eigenvalue weighted by atomic mass is 35.5. The first-order chi connectivity index (χ1) is 10.7. The molecular formula is C17H29Cl2N3O2. The average Bonchev–Trinajstić information content (AvgIpc) is 2.58. The van der Waals surface area contributed by atoms with Gasteiger partial charge in [-0.3, -0.25) is 4.79 Å². The number of likely N-dealkylation sites (tertiary alicyclic amines) is 1. The Morgan fingerprint density at radius 3 is 2.54 bits per heavy atom. The average molecular weight is 378 g/mol. The van der Waals surface area contributed by atoms with Crippen LogP contribution in [0, 0.1) is 5.92 Å². The van der Waals surface area contributed by atoms with Gasteiger partial charge in [-0.25, -0.2) is 0 Å². The first kappa shape index (κ1) is 22.8. The summed E-state index contributed by atoms with van der Waals surface area (Å²) >= 11 is 0. The van der Waals surface area contributed by atoms with Crippen molar-refractivity contribution in [2.75, 3.05) is 45.7 Å². The van der Waals surface area contributed by atoms with Crippen LogP contribution in [0.15, 0.2) is 24.3 Å². The summed E-state index contributed by atoms with van der Waals surface area (Å²) in [6.45, 7) is 3.14. The van der Waals surface area contributed by atoms with Crippen molar-refractivity contribution in [2.45, 2.75) is 19.3 Å². The predicted molar refractivity (Wildman–Crippen MR) is 104 cm³/mol. The minimum atomic E-state index is 0. The number of carbonyl (C=O) groups excluding carboxylic acids is 1. The van der Waals surface area contributed by atoms with Crippen molar-refractivity contribution >= 4 is 36.4 Å². The number of amides is 1. The molecule has 1 heterocycles. The second-order valence-electron chi connectivity index (χ2n) is 5.77. The molecule has 0 unspecified atom stereocenters. The second-order valence-corrected chi connectivity index (χ2v) is 5.77. The van der Waals surface area contributed by atoms with E-state index in [4.69, 9.17) is 4.74 Å². The highest BCUT2D eigenvalue weighted by molar-refractivity contribution is 5.85. The van der Waals surface area contributed by atoms with Gasteiger partial charge in [0.2, 0.25) is 5.91 Å². The summed E-state index contributed by atoms with van der Waals surface area (Å²) in [4.78, 5) is 14.3. The number of para-hydroxylation sites is 2. The van der Waals surface area contributed by atoms with Crippen LogP contribution in [0.5, 0.6) is 5.75 Å². The predicted octanol–water partition coefficient (Wildman–Crippen LogP) is 2.80. The van der Waals surface area contributed by atoms with Gasteiger partial charge >= 0.3 is 0 Å². The van der Waals surface area contributed by atoms with Gasteiger partial charge in [-0.15, -0.1) is 24.8 Å². The molecule has 0 aromatic heterocycles. The van der Waals surface area contributed by atoms with Crippen molar-refractivity contribution in [3.63, 3.8) is 0 Å². The van der Waals surface area contributed by atoms with Crippen molar-refractivity contribution in [3.05, 3.63) is 24.3 Å². The van der Waals surface area contributed by atoms with Crippen LogP contribution in [0.25, 0.3) is 0 Å². The van der Waals surface area contributed by atoms with Crippen LogP contribution in [0.2, 0.25) is 0 Å². The van der Waals surface area contributed by atoms with Crippen LogP contribution in [0.4, 0.5) is 5.69 Å². The highest BCUT2D eigenvalue weighted by Gasteiger charge is 2.22. The largest absolute Gasteiger partial charge is 0.495 e. The van der Waals surface area contributed by atoms with Crippen LogP contribution < -0.4 is 15.4 Å². The monoisotopic (exact) mass is 377 g/mol. The zero-order valence-corrected chi connectivity index (χ0v) is 16.0. The number of hydrogen-bond acceptors (Lipinski definition) is 4. The molecule has 0 aliphatic carbocycles. The van der Waals surface area contributed by atoms with E-state index in [1.165, 1.54) is 6.42 Å². The Balaban J connectivity index is 0.00000264. The van der Waals surface area contributed by atoms with E-state index in [0.29, 0.717) is 6.54 Å². The van der Waals surface area contributed by atoms with E-state index < -0.39 is 0 Å². The molecule has 2 rings (SSSR count). The first-order valence-electron chi connectivity index (χ1n) is 8.04. The van der Waals surface area contributed by atoms with E-state index in [1.54, 1.807) is 7.11 Å². The number of benzene rings is 1. The number of carbonyl (C=O) groups is 1. The lowest BCUT2D eigenvalue weighted by molar-refractivity contribution is -0.130. The smallest absolute Gasteiger partial charge is 0.241 e. The lowest BCUT2D eigenvalue weighted by Gasteiger charge is -2.32. The molecule has 0 radical (unpaired) electrons. The number of methoxy groups -OCH3 is 1. The Labute approximate surface area is 157 Å². The molecule has 0 atom stereocenters. The highest BCUT2D eigenvalue weighted by Crippen LogP contribution is 2.23. The normalized spacial score (nSPS) is 14.3. The van der Waals surface area contributed by atoms with Crippen LogP contribution in [-0.2, 0) is 4.79 Å². The number of piperidine rings is 1. The summed E-state index contributed by atoms with van der Waals surface area (Å²) in [5.74, 6) is 1.68. The third-order valence-corrected chi connectivity index (χ3v) is 4.31. The summed E-state index contributed by atoms with van der Waals surface area (Å²) in [6.07, 6.45) is 3.43. The van der Waals surface area contributed by atoms with Gasteiger partial charge in [-0.2, -0.15) is 0 Å². The molecule has 0 bridgehead atoms. The maximum absolute atomic E-state index is 12.3. The Kier molecular flexibility index (Phi) is 11.6. The molecule has 2 N–H and O–H groups in total. The summed E-state index contributed by atoms with van der Waals surface area (Å²) in [7, 11) is 3.63. The lowest BCUT2D eigenvalue weighted by Crippen LogP contribution is -2.41. The molecule has 1 amide bonds. The number of hydrogen-bond donors (Lipinski definition) is 2. The Hall–Kier alpha value is -1.17. The Bertz CT molecular complexity index is 481. The molecule has 138 valence electrons. The standard InChI is InChI=1S/C17H27N3O2.2ClH/c1-18-10-7-14-8-11-20(12-9-14)17(21)13-19-15-5-3-4-6-16(15)22-2;;/h3-6,14,18-19H,7-13H2,1-2H3;2*1H. The third kappa shape index (κ3) is 6.75. The van der Waals surface area contributed by atoms with Crippen LogP contribution in [0.3, 0.4) is 0 Å². The van der Waals surface area contributed by atoms with E-state index >= 15 is 0 Å². The van der Waals surface area contributed by atoms with E-state index in [-0.39, 0.29) is 30.7 Å². The third-order valence-electron chi connectivity index (χ3n) is 4.31. The Morgan fingerprint density at radius 1 is 1.25 bits per heavy atom. The summed E-state index contributed by atoms with van der Waals surface area (Å²) in [6, 6.07) is 7.67. The lowest BCUT2D eigenvalue weighted by atomic mass is 9.93. The topological polar surface area (TPSA) is 53.6 Å². The van der Waals surface area contributed by atoms with Gasteiger partial charge in [0.25, 0.3) is 0 Å². The van der Waals surface area contributed by atoms with E-state index in [9.17, 15) is 4.79 Å². The van der Waals surface area contributed by atoms with Gasteiger partial charge < -0.3 is 20.3 Å². The zero-order valence-electron chi connectivity index (χ0n) is 14.4. The number of nitrogens with one attached hydrogen (secondary N) is 2. The number of nitrogens with zero attached hydrogens (tertiary/aromatic N) is 1. The van der Waals surface area contributed by atoms with Crippen molar-refractivity contribution in [1.29, 1.82) is 0 Å². The van der Waals surface area contributed by atoms with Gasteiger partial charge in [0, 0.05) is 13.1 Å². The quantitative estimate of drug-likeness (QED) is 0.766. The fourth-order valence-electron chi connectivity index (χ4n) is 2.89. The molecule has 1 aromatic rings. The minimum absolute atomic E-state index is 0. The molecule has 1 aliphatic rings. The van der Waals surface area contributed by atoms with Crippen LogP contribution >= 0.6 is 24.8 Å². The van der Waals surface area contributed by atoms with Gasteiger partial charge in [-0.1, -0.05) is 12.1 Å². The van der Waals surface area contributed by atoms with Crippen LogP contribution in [-0.4, -0.2) is 51.1 Å². The second kappa shape index (κ2) is 12.2. The summed E-state index contributed by atoms with van der Waals surface area (Å²) < 4.78 is 5.28. The van der Waals surface area contributed by atoms with Crippen molar-refractivity contribution < 1.29 is 9.53 Å². The van der Waals surface area contributed by atoms with Crippen molar-refractivity contribution in [2.24, 2.45) is 5.92 Å². The fraction of sp³-hybridized carbons (Fsp3) is 0.588. The number of rotatable bonds is 7. The van der Waals surface area contributed by atoms with Crippen LogP contribution in [0.1, 0.15) is 19.3 Å². The van der Waals surface area contributed by atoms with Crippen molar-refractivity contribution in [3.8, 4) is 5.75 Å². The van der Waals surface area contributed by atoms with E-state index in [0.717, 1.165) is 49.8 Å². The SMILES string of the molecule is CNCCC1CCN(C(=O)CNc2ccccc2OC)CC1.Cl.Cl. The van der Waals surface area contributed by atoms with Gasteiger partial charge in [-0.05, 0) is 50.9 Å². The Morgan fingerprint density at radius 2 is 1.92 bits per heavy atom. The molecule has 5 nitrogen and oxygen atoms in total. The van der Waals surface area contributed by atoms with Gasteiger partial charge in [0.1, 0.15) is 5.75 Å². The first-order valence-corrected chi connectivity index (χ1v) is 8.04. The van der Waals surface area contributed by atoms with Gasteiger partial charge in [0.15, 0.2) is 0 Å². The molecule has 7 heteroatoms. The minimum Gasteiger partial charge on any atom is -0.495 e. The molecular weight excluding hydrogens is 349 g/mol. The molecule has 1 saturated heterocycles. The molecule has 1 aromatic carbocycles. The molecule has 1 aliphatic heterocycles.